The predicted molar refractivity (Wildman–Crippen MR) is 80.8 cm³/mol. The first kappa shape index (κ1) is 13.1. The van der Waals surface area contributed by atoms with Crippen molar-refractivity contribution < 1.29 is 19.4 Å². The maximum Gasteiger partial charge on any atom is 0.309 e. The zero-order chi connectivity index (χ0) is 15.1. The molecule has 0 atom stereocenters. The largest absolute Gasteiger partial charge is 0.486 e. The Bertz CT molecular complexity index is 868. The number of thiazole rings is 1. The molecule has 112 valence electrons. The molecule has 0 amide bonds. The highest BCUT2D eigenvalue weighted by atomic mass is 32.1. The van der Waals surface area contributed by atoms with Crippen molar-refractivity contribution in [3.8, 4) is 22.8 Å². The summed E-state index contributed by atoms with van der Waals surface area (Å²) >= 11 is 1.48. The number of nitrogens with zero attached hydrogens (tertiary/aromatic N) is 2. The van der Waals surface area contributed by atoms with Gasteiger partial charge in [0.25, 0.3) is 0 Å². The van der Waals surface area contributed by atoms with Crippen LogP contribution < -0.4 is 9.47 Å². The van der Waals surface area contributed by atoms with Crippen LogP contribution >= 0.6 is 11.3 Å². The fourth-order valence-electron chi connectivity index (χ4n) is 2.57. The molecule has 0 radical (unpaired) electrons. The molecule has 6 nitrogen and oxygen atoms in total. The molecule has 22 heavy (non-hydrogen) atoms. The third kappa shape index (κ3) is 2.10. The monoisotopic (exact) mass is 316 g/mol. The van der Waals surface area contributed by atoms with Crippen molar-refractivity contribution in [1.29, 1.82) is 0 Å². The average Bonchev–Trinajstić information content (AvgIpc) is 3.09. The number of aromatic nitrogens is 2. The van der Waals surface area contributed by atoms with Crippen molar-refractivity contribution in [2.45, 2.75) is 6.42 Å². The normalized spacial score (nSPS) is 13.5. The third-order valence-electron chi connectivity index (χ3n) is 3.50. The van der Waals surface area contributed by atoms with E-state index in [0.717, 1.165) is 10.5 Å². The second-order valence-corrected chi connectivity index (χ2v) is 5.76. The molecule has 1 aliphatic heterocycles. The lowest BCUT2D eigenvalue weighted by molar-refractivity contribution is -0.136. The summed E-state index contributed by atoms with van der Waals surface area (Å²) in [6, 6.07) is 5.57. The molecule has 2 aromatic heterocycles. The highest BCUT2D eigenvalue weighted by molar-refractivity contribution is 7.15. The van der Waals surface area contributed by atoms with E-state index in [1.165, 1.54) is 11.3 Å². The van der Waals surface area contributed by atoms with Crippen LogP contribution in [0.2, 0.25) is 0 Å². The molecule has 0 bridgehead atoms. The molecular weight excluding hydrogens is 304 g/mol. The number of carbonyl (C=O) groups is 1. The summed E-state index contributed by atoms with van der Waals surface area (Å²) in [5.41, 5.74) is 2.17. The van der Waals surface area contributed by atoms with Gasteiger partial charge < -0.3 is 14.6 Å². The number of imidazole rings is 1. The van der Waals surface area contributed by atoms with Crippen LogP contribution in [0.1, 0.15) is 5.69 Å². The molecular formula is C15H12N2O4S. The standard InChI is InChI=1S/C15H12N2O4S/c18-13(19)8-10-14(16-15-17(10)3-6-22-15)9-1-2-11-12(7-9)21-5-4-20-11/h1-3,6-7H,4-5,8H2,(H,18,19). The summed E-state index contributed by atoms with van der Waals surface area (Å²) in [5.74, 6) is 0.490. The highest BCUT2D eigenvalue weighted by Gasteiger charge is 2.20. The van der Waals surface area contributed by atoms with Gasteiger partial charge in [-0.2, -0.15) is 0 Å². The summed E-state index contributed by atoms with van der Waals surface area (Å²) in [5, 5.41) is 11.1. The quantitative estimate of drug-likeness (QED) is 0.803. The Hall–Kier alpha value is -2.54. The molecule has 0 fully saturated rings. The number of ether oxygens (including phenoxy) is 2. The van der Waals surface area contributed by atoms with Crippen LogP contribution in [0.3, 0.4) is 0 Å². The summed E-state index contributed by atoms with van der Waals surface area (Å²) in [4.78, 5) is 16.5. The van der Waals surface area contributed by atoms with Gasteiger partial charge in [-0.15, -0.1) is 11.3 Å². The van der Waals surface area contributed by atoms with Crippen LogP contribution in [-0.2, 0) is 11.2 Å². The van der Waals surface area contributed by atoms with Gasteiger partial charge in [0.2, 0.25) is 0 Å². The van der Waals surface area contributed by atoms with Gasteiger partial charge >= 0.3 is 5.97 Å². The minimum Gasteiger partial charge on any atom is -0.486 e. The van der Waals surface area contributed by atoms with Crippen molar-refractivity contribution in [3.05, 3.63) is 35.5 Å². The Morgan fingerprint density at radius 3 is 2.95 bits per heavy atom. The van der Waals surface area contributed by atoms with Crippen LogP contribution in [0.15, 0.2) is 29.8 Å². The first-order valence-corrected chi connectivity index (χ1v) is 7.66. The van der Waals surface area contributed by atoms with Crippen molar-refractivity contribution in [1.82, 2.24) is 9.38 Å². The van der Waals surface area contributed by atoms with Crippen molar-refractivity contribution in [2.75, 3.05) is 13.2 Å². The Labute approximate surface area is 129 Å². The van der Waals surface area contributed by atoms with E-state index in [2.05, 4.69) is 4.98 Å². The first-order valence-electron chi connectivity index (χ1n) is 6.78. The van der Waals surface area contributed by atoms with Gasteiger partial charge in [0.1, 0.15) is 13.2 Å². The molecule has 1 N–H and O–H groups in total. The van der Waals surface area contributed by atoms with Gasteiger partial charge in [0, 0.05) is 17.1 Å². The zero-order valence-corrected chi connectivity index (χ0v) is 12.3. The number of carboxylic acids is 1. The lowest BCUT2D eigenvalue weighted by atomic mass is 10.1. The molecule has 7 heteroatoms. The summed E-state index contributed by atoms with van der Waals surface area (Å²) in [7, 11) is 0. The number of rotatable bonds is 3. The maximum absolute atomic E-state index is 11.2. The Balaban J connectivity index is 1.86. The van der Waals surface area contributed by atoms with Gasteiger partial charge in [-0.25, -0.2) is 4.98 Å². The summed E-state index contributed by atoms with van der Waals surface area (Å²) in [6.45, 7) is 1.05. The molecule has 0 spiro atoms. The number of hydrogen-bond donors (Lipinski definition) is 1. The second-order valence-electron chi connectivity index (χ2n) is 4.89. The van der Waals surface area contributed by atoms with Crippen molar-refractivity contribution in [2.24, 2.45) is 0 Å². The molecule has 1 aromatic carbocycles. The average molecular weight is 316 g/mol. The van der Waals surface area contributed by atoms with Crippen LogP contribution in [-0.4, -0.2) is 33.7 Å². The highest BCUT2D eigenvalue weighted by Crippen LogP contribution is 2.36. The van der Waals surface area contributed by atoms with E-state index in [4.69, 9.17) is 14.6 Å². The molecule has 0 saturated carbocycles. The van der Waals surface area contributed by atoms with Gasteiger partial charge in [-0.3, -0.25) is 9.20 Å². The number of carboxylic acid groups (broad SMARTS) is 1. The minimum atomic E-state index is -0.883. The zero-order valence-electron chi connectivity index (χ0n) is 11.5. The number of hydrogen-bond acceptors (Lipinski definition) is 5. The Morgan fingerprint density at radius 2 is 2.14 bits per heavy atom. The van der Waals surface area contributed by atoms with Crippen molar-refractivity contribution >= 4 is 22.3 Å². The lowest BCUT2D eigenvalue weighted by Gasteiger charge is -2.18. The molecule has 1 aliphatic rings. The predicted octanol–water partition coefficient (Wildman–Crippen LogP) is 2.46. The van der Waals surface area contributed by atoms with E-state index in [1.54, 1.807) is 0 Å². The lowest BCUT2D eigenvalue weighted by Crippen LogP contribution is -2.15. The molecule has 0 aliphatic carbocycles. The van der Waals surface area contributed by atoms with Crippen LogP contribution in [0.5, 0.6) is 11.5 Å². The molecule has 0 unspecified atom stereocenters. The number of benzene rings is 1. The van der Waals surface area contributed by atoms with Gasteiger partial charge in [0.15, 0.2) is 16.5 Å². The van der Waals surface area contributed by atoms with Gasteiger partial charge in [-0.1, -0.05) is 0 Å². The van der Waals surface area contributed by atoms with E-state index in [9.17, 15) is 4.79 Å². The Morgan fingerprint density at radius 1 is 1.32 bits per heavy atom. The van der Waals surface area contributed by atoms with Crippen molar-refractivity contribution in [3.63, 3.8) is 0 Å². The summed E-state index contributed by atoms with van der Waals surface area (Å²) in [6.07, 6.45) is 1.76. The van der Waals surface area contributed by atoms with Crippen LogP contribution in [0, 0.1) is 0 Å². The topological polar surface area (TPSA) is 73.1 Å². The van der Waals surface area contributed by atoms with E-state index in [1.807, 2.05) is 34.2 Å². The number of fused-ring (bicyclic) bond motifs is 2. The first-order chi connectivity index (χ1) is 10.7. The Kier molecular flexibility index (Phi) is 3.00. The van der Waals surface area contributed by atoms with Gasteiger partial charge in [0.05, 0.1) is 17.8 Å². The molecule has 3 heterocycles. The molecule has 0 saturated heterocycles. The van der Waals surface area contributed by atoms with E-state index in [-0.39, 0.29) is 6.42 Å². The maximum atomic E-state index is 11.2. The van der Waals surface area contributed by atoms with Crippen LogP contribution in [0.4, 0.5) is 0 Å². The second kappa shape index (κ2) is 5.03. The van der Waals surface area contributed by atoms with Crippen LogP contribution in [0.25, 0.3) is 16.2 Å². The fraction of sp³-hybridized carbons (Fsp3) is 0.200. The smallest absolute Gasteiger partial charge is 0.309 e. The van der Waals surface area contributed by atoms with E-state index < -0.39 is 5.97 Å². The molecule has 3 aromatic rings. The minimum absolute atomic E-state index is 0.0817. The molecule has 4 rings (SSSR count). The number of aliphatic carboxylic acids is 1. The van der Waals surface area contributed by atoms with Gasteiger partial charge in [-0.05, 0) is 18.2 Å². The SMILES string of the molecule is O=C(O)Cc1c(-c2ccc3c(c2)OCCO3)nc2sccn12. The van der Waals surface area contributed by atoms with E-state index in [0.29, 0.717) is 36.1 Å². The van der Waals surface area contributed by atoms with E-state index >= 15 is 0 Å². The summed E-state index contributed by atoms with van der Waals surface area (Å²) < 4.78 is 12.9. The third-order valence-corrected chi connectivity index (χ3v) is 4.25. The fourth-order valence-corrected chi connectivity index (χ4v) is 3.30.